The van der Waals surface area contributed by atoms with E-state index >= 15 is 0 Å². The zero-order valence-corrected chi connectivity index (χ0v) is 17.6. The highest BCUT2D eigenvalue weighted by molar-refractivity contribution is 6.51. The van der Waals surface area contributed by atoms with Gasteiger partial charge in [-0.05, 0) is 42.5 Å². The van der Waals surface area contributed by atoms with Crippen molar-refractivity contribution in [2.75, 3.05) is 14.1 Å². The standard InChI is InChI=1S/C21H21ClNO.ClHO4/c1-23(2)13-15-8-4-6-10-17-20(22)19-16-9-5-3-7-14(16)11-12-18(19)24-21(15)17;2-1(3,4)5/h3,5,7,9,11-13H,4,6,8,10H2,1-2H3;(H,2,3,4,5)/q+1;/p-1. The molecule has 0 fully saturated rings. The monoisotopic (exact) mass is 437 g/mol. The molecule has 0 saturated heterocycles. The van der Waals surface area contributed by atoms with Crippen molar-refractivity contribution in [3.05, 3.63) is 58.9 Å². The summed E-state index contributed by atoms with van der Waals surface area (Å²) in [6.07, 6.45) is 6.48. The molecule has 4 rings (SSSR count). The fraction of sp³-hybridized carbons (Fsp3) is 0.286. The molecule has 1 aliphatic carbocycles. The molecule has 0 amide bonds. The fourth-order valence-corrected chi connectivity index (χ4v) is 4.01. The zero-order valence-electron chi connectivity index (χ0n) is 16.1. The molecule has 1 aliphatic heterocycles. The number of fused-ring (bicyclic) bond motifs is 4. The van der Waals surface area contributed by atoms with Gasteiger partial charge in [0.1, 0.15) is 25.6 Å². The first-order chi connectivity index (χ1) is 13.6. The van der Waals surface area contributed by atoms with Crippen LogP contribution in [0.1, 0.15) is 31.2 Å². The molecule has 154 valence electrons. The first kappa shape index (κ1) is 21.8. The highest BCUT2D eigenvalue weighted by atomic mass is 35.7. The average Bonchev–Trinajstić information content (AvgIpc) is 2.82. The van der Waals surface area contributed by atoms with Crippen LogP contribution in [0.2, 0.25) is 0 Å². The van der Waals surface area contributed by atoms with Crippen molar-refractivity contribution in [2.24, 2.45) is 0 Å². The molecule has 0 saturated carbocycles. The van der Waals surface area contributed by atoms with Crippen LogP contribution in [0.15, 0.2) is 53.3 Å². The van der Waals surface area contributed by atoms with Gasteiger partial charge in [-0.15, -0.1) is 10.2 Å². The van der Waals surface area contributed by atoms with E-state index in [1.54, 1.807) is 0 Å². The first-order valence-corrected chi connectivity index (χ1v) is 10.7. The van der Waals surface area contributed by atoms with Gasteiger partial charge in [-0.3, -0.25) is 0 Å². The normalized spacial score (nSPS) is 16.2. The Morgan fingerprint density at radius 3 is 2.34 bits per heavy atom. The third-order valence-corrected chi connectivity index (χ3v) is 5.11. The Labute approximate surface area is 176 Å². The van der Waals surface area contributed by atoms with Crippen LogP contribution in [0, 0.1) is 10.2 Å². The smallest absolute Gasteiger partial charge is 0.169 e. The highest BCUT2D eigenvalue weighted by Crippen LogP contribution is 2.46. The second kappa shape index (κ2) is 8.83. The predicted molar refractivity (Wildman–Crippen MR) is 101 cm³/mol. The number of hydrogen-bond donors (Lipinski definition) is 0. The summed E-state index contributed by atoms with van der Waals surface area (Å²) < 4.78 is 42.4. The van der Waals surface area contributed by atoms with Gasteiger partial charge in [0.2, 0.25) is 0 Å². The minimum Gasteiger partial charge on any atom is -0.456 e. The van der Waals surface area contributed by atoms with E-state index in [2.05, 4.69) is 41.1 Å². The SMILES string of the molecule is C[N+](C)=CC1=C2Oc3ccc4ccccc4c3C(Cl)=C2CCCC1.[O-][Cl+3]([O-])([O-])[O-]. The van der Waals surface area contributed by atoms with Crippen molar-refractivity contribution in [3.8, 4) is 5.75 Å². The summed E-state index contributed by atoms with van der Waals surface area (Å²) in [4.78, 5) is 0. The van der Waals surface area contributed by atoms with Gasteiger partial charge in [0, 0.05) is 11.1 Å². The number of hydrogen-bond acceptors (Lipinski definition) is 5. The van der Waals surface area contributed by atoms with Crippen LogP contribution in [-0.4, -0.2) is 24.9 Å². The molecular weight excluding hydrogens is 417 g/mol. The number of allylic oxidation sites excluding steroid dienone is 2. The number of rotatable bonds is 1. The van der Waals surface area contributed by atoms with Gasteiger partial charge < -0.3 is 4.74 Å². The van der Waals surface area contributed by atoms with E-state index < -0.39 is 10.2 Å². The van der Waals surface area contributed by atoms with Crippen LogP contribution >= 0.6 is 11.6 Å². The molecule has 0 atom stereocenters. The number of nitrogens with zero attached hydrogens (tertiary/aromatic N) is 1. The lowest BCUT2D eigenvalue weighted by Gasteiger charge is -2.24. The summed E-state index contributed by atoms with van der Waals surface area (Å²) in [5.41, 5.74) is 3.44. The third kappa shape index (κ3) is 5.36. The van der Waals surface area contributed by atoms with E-state index in [0.29, 0.717) is 0 Å². The summed E-state index contributed by atoms with van der Waals surface area (Å²) in [7, 11) is -0.846. The van der Waals surface area contributed by atoms with Crippen LogP contribution in [0.3, 0.4) is 0 Å². The molecule has 2 aromatic rings. The molecule has 0 radical (unpaired) electrons. The second-order valence-corrected chi connectivity index (χ2v) is 8.22. The Morgan fingerprint density at radius 1 is 1.00 bits per heavy atom. The molecule has 6 nitrogen and oxygen atoms in total. The second-order valence-electron chi connectivity index (χ2n) is 7.09. The molecule has 0 aromatic heterocycles. The van der Waals surface area contributed by atoms with Crippen molar-refractivity contribution in [2.45, 2.75) is 25.7 Å². The van der Waals surface area contributed by atoms with E-state index in [0.717, 1.165) is 58.7 Å². The maximum absolute atomic E-state index is 8.49. The molecule has 2 aliphatic rings. The van der Waals surface area contributed by atoms with Gasteiger partial charge in [0.15, 0.2) is 6.21 Å². The lowest BCUT2D eigenvalue weighted by Crippen LogP contribution is -2.68. The number of ether oxygens (including phenoxy) is 1. The lowest BCUT2D eigenvalue weighted by atomic mass is 9.96. The summed E-state index contributed by atoms with van der Waals surface area (Å²) >= 11 is 6.91. The molecule has 1 heterocycles. The van der Waals surface area contributed by atoms with Crippen molar-refractivity contribution in [1.29, 1.82) is 0 Å². The van der Waals surface area contributed by atoms with Gasteiger partial charge in [-0.25, -0.2) is 23.2 Å². The minimum absolute atomic E-state index is 0.856. The van der Waals surface area contributed by atoms with Gasteiger partial charge in [-0.1, -0.05) is 41.9 Å². The molecule has 0 N–H and O–H groups in total. The van der Waals surface area contributed by atoms with Gasteiger partial charge >= 0.3 is 0 Å². The summed E-state index contributed by atoms with van der Waals surface area (Å²) in [6, 6.07) is 12.5. The van der Waals surface area contributed by atoms with Crippen molar-refractivity contribution in [1.82, 2.24) is 0 Å². The van der Waals surface area contributed by atoms with E-state index in [9.17, 15) is 0 Å². The lowest BCUT2D eigenvalue weighted by molar-refractivity contribution is -2.00. The zero-order chi connectivity index (χ0) is 21.2. The molecule has 29 heavy (non-hydrogen) atoms. The van der Waals surface area contributed by atoms with E-state index in [1.807, 2.05) is 20.2 Å². The van der Waals surface area contributed by atoms with Crippen molar-refractivity contribution in [3.63, 3.8) is 0 Å². The van der Waals surface area contributed by atoms with E-state index in [-0.39, 0.29) is 0 Å². The van der Waals surface area contributed by atoms with E-state index in [1.165, 1.54) is 11.0 Å². The van der Waals surface area contributed by atoms with Gasteiger partial charge in [0.05, 0.1) is 10.6 Å². The maximum Gasteiger partial charge on any atom is 0.169 e. The van der Waals surface area contributed by atoms with E-state index in [4.69, 9.17) is 35.0 Å². The minimum atomic E-state index is -4.94. The fourth-order valence-electron chi connectivity index (χ4n) is 3.63. The van der Waals surface area contributed by atoms with Gasteiger partial charge in [-0.2, -0.15) is 0 Å². The van der Waals surface area contributed by atoms with Crippen LogP contribution in [0.25, 0.3) is 15.8 Å². The molecule has 2 aromatic carbocycles. The number of benzene rings is 2. The first-order valence-electron chi connectivity index (χ1n) is 9.10. The molecule has 8 heteroatoms. The van der Waals surface area contributed by atoms with Crippen molar-refractivity contribution < 1.29 is 38.2 Å². The Morgan fingerprint density at radius 2 is 1.66 bits per heavy atom. The highest BCUT2D eigenvalue weighted by Gasteiger charge is 2.29. The van der Waals surface area contributed by atoms with Gasteiger partial charge in [0.25, 0.3) is 0 Å². The molecule has 0 unspecified atom stereocenters. The third-order valence-electron chi connectivity index (χ3n) is 4.69. The van der Waals surface area contributed by atoms with Crippen LogP contribution in [0.5, 0.6) is 5.75 Å². The maximum atomic E-state index is 8.49. The summed E-state index contributed by atoms with van der Waals surface area (Å²) in [5.74, 6) is 1.83. The quantitative estimate of drug-likeness (QED) is 0.479. The predicted octanol–water partition coefficient (Wildman–Crippen LogP) is 0.597. The Hall–Kier alpha value is -1.93. The average molecular weight is 438 g/mol. The molecule has 0 spiro atoms. The van der Waals surface area contributed by atoms with Crippen LogP contribution < -0.4 is 23.4 Å². The topological polar surface area (TPSA) is 104 Å². The van der Waals surface area contributed by atoms with Crippen LogP contribution in [-0.2, 0) is 0 Å². The summed E-state index contributed by atoms with van der Waals surface area (Å²) in [6.45, 7) is 0. The largest absolute Gasteiger partial charge is 0.456 e. The molecule has 0 bridgehead atoms. The Kier molecular flexibility index (Phi) is 6.63. The number of halogens is 2. The Balaban J connectivity index is 0.000000431. The summed E-state index contributed by atoms with van der Waals surface area (Å²) in [5, 5.41) is 3.21. The van der Waals surface area contributed by atoms with Crippen LogP contribution in [0.4, 0.5) is 0 Å². The van der Waals surface area contributed by atoms with Crippen molar-refractivity contribution >= 4 is 33.6 Å². The Bertz CT molecular complexity index is 1010. The molecular formula is C21H21Cl2NO5.